The van der Waals surface area contributed by atoms with Crippen LogP contribution in [0.3, 0.4) is 0 Å². The summed E-state index contributed by atoms with van der Waals surface area (Å²) in [6, 6.07) is 0.0289. The molecule has 1 aliphatic heterocycles. The lowest BCUT2D eigenvalue weighted by molar-refractivity contribution is -0.157. The van der Waals surface area contributed by atoms with Crippen molar-refractivity contribution < 1.29 is 9.59 Å². The smallest absolute Gasteiger partial charge is 0.248 e. The highest BCUT2D eigenvalue weighted by atomic mass is 16.2. The molecule has 2 amide bonds. The SMILES string of the molecule is CCCC1C(=O)NC(C)(CC)C(=O)N1C1CCCC1. The van der Waals surface area contributed by atoms with E-state index in [4.69, 9.17) is 0 Å². The molecule has 0 aromatic carbocycles. The van der Waals surface area contributed by atoms with E-state index in [1.165, 1.54) is 12.8 Å². The molecule has 108 valence electrons. The van der Waals surface area contributed by atoms with Crippen LogP contribution in [-0.2, 0) is 9.59 Å². The molecule has 0 aromatic heterocycles. The van der Waals surface area contributed by atoms with Gasteiger partial charge in [0.25, 0.3) is 0 Å². The Morgan fingerprint density at radius 2 is 1.89 bits per heavy atom. The van der Waals surface area contributed by atoms with Crippen molar-refractivity contribution >= 4 is 11.8 Å². The van der Waals surface area contributed by atoms with Crippen LogP contribution < -0.4 is 5.32 Å². The molecule has 19 heavy (non-hydrogen) atoms. The zero-order chi connectivity index (χ0) is 14.0. The van der Waals surface area contributed by atoms with Crippen LogP contribution in [0, 0.1) is 0 Å². The van der Waals surface area contributed by atoms with Crippen LogP contribution in [0.15, 0.2) is 0 Å². The van der Waals surface area contributed by atoms with Crippen molar-refractivity contribution in [3.63, 3.8) is 0 Å². The van der Waals surface area contributed by atoms with E-state index in [9.17, 15) is 9.59 Å². The van der Waals surface area contributed by atoms with Crippen LogP contribution in [0.1, 0.15) is 65.7 Å². The molecule has 1 saturated heterocycles. The molecule has 0 aromatic rings. The van der Waals surface area contributed by atoms with Crippen molar-refractivity contribution in [3.05, 3.63) is 0 Å². The number of hydrogen-bond acceptors (Lipinski definition) is 2. The lowest BCUT2D eigenvalue weighted by atomic mass is 9.89. The standard InChI is InChI=1S/C15H26N2O2/c1-4-8-12-13(18)16-15(3,5-2)14(19)17(12)11-9-6-7-10-11/h11-12H,4-10H2,1-3H3,(H,16,18). The van der Waals surface area contributed by atoms with Crippen molar-refractivity contribution in [2.75, 3.05) is 0 Å². The summed E-state index contributed by atoms with van der Waals surface area (Å²) in [5, 5.41) is 2.95. The summed E-state index contributed by atoms with van der Waals surface area (Å²) in [5.74, 6) is 0.164. The Labute approximate surface area is 115 Å². The van der Waals surface area contributed by atoms with E-state index in [1.54, 1.807) is 0 Å². The number of rotatable bonds is 4. The van der Waals surface area contributed by atoms with Crippen LogP contribution in [0.4, 0.5) is 0 Å². The molecule has 2 rings (SSSR count). The number of carbonyl (C=O) groups is 2. The second kappa shape index (κ2) is 5.51. The van der Waals surface area contributed by atoms with E-state index >= 15 is 0 Å². The first-order chi connectivity index (χ1) is 9.03. The van der Waals surface area contributed by atoms with Gasteiger partial charge < -0.3 is 10.2 Å². The fourth-order valence-electron chi connectivity index (χ4n) is 3.35. The summed E-state index contributed by atoms with van der Waals surface area (Å²) in [4.78, 5) is 27.1. The Morgan fingerprint density at radius 3 is 2.42 bits per heavy atom. The molecular weight excluding hydrogens is 240 g/mol. The maximum absolute atomic E-state index is 12.8. The van der Waals surface area contributed by atoms with Crippen LogP contribution in [-0.4, -0.2) is 34.3 Å². The molecule has 2 fully saturated rings. The normalized spacial score (nSPS) is 32.8. The van der Waals surface area contributed by atoms with E-state index in [2.05, 4.69) is 12.2 Å². The van der Waals surface area contributed by atoms with Gasteiger partial charge in [-0.3, -0.25) is 9.59 Å². The fourth-order valence-corrected chi connectivity index (χ4v) is 3.35. The van der Waals surface area contributed by atoms with Gasteiger partial charge in [-0.05, 0) is 32.6 Å². The number of nitrogens with zero attached hydrogens (tertiary/aromatic N) is 1. The number of hydrogen-bond donors (Lipinski definition) is 1. The molecule has 1 aliphatic carbocycles. The largest absolute Gasteiger partial charge is 0.340 e. The highest BCUT2D eigenvalue weighted by Crippen LogP contribution is 2.32. The molecule has 2 unspecified atom stereocenters. The number of amides is 2. The molecule has 4 heteroatoms. The van der Waals surface area contributed by atoms with Crippen molar-refractivity contribution in [3.8, 4) is 0 Å². The van der Waals surface area contributed by atoms with Gasteiger partial charge in [0.05, 0.1) is 0 Å². The van der Waals surface area contributed by atoms with E-state index in [-0.39, 0.29) is 23.9 Å². The van der Waals surface area contributed by atoms with Gasteiger partial charge in [0.15, 0.2) is 0 Å². The van der Waals surface area contributed by atoms with Gasteiger partial charge in [-0.2, -0.15) is 0 Å². The molecule has 1 saturated carbocycles. The first-order valence-corrected chi connectivity index (χ1v) is 7.68. The van der Waals surface area contributed by atoms with Crippen molar-refractivity contribution in [2.45, 2.75) is 83.3 Å². The number of piperazine rings is 1. The minimum atomic E-state index is -0.704. The van der Waals surface area contributed by atoms with Crippen LogP contribution >= 0.6 is 0 Å². The predicted molar refractivity (Wildman–Crippen MR) is 74.6 cm³/mol. The molecule has 0 bridgehead atoms. The molecule has 4 nitrogen and oxygen atoms in total. The monoisotopic (exact) mass is 266 g/mol. The first-order valence-electron chi connectivity index (χ1n) is 7.68. The lowest BCUT2D eigenvalue weighted by Crippen LogP contribution is -2.70. The highest BCUT2D eigenvalue weighted by molar-refractivity contribution is 5.99. The minimum Gasteiger partial charge on any atom is -0.340 e. The van der Waals surface area contributed by atoms with Gasteiger partial charge in [0.2, 0.25) is 11.8 Å². The molecular formula is C15H26N2O2. The third-order valence-electron chi connectivity index (χ3n) is 4.73. The second-order valence-corrected chi connectivity index (χ2v) is 6.13. The fraction of sp³-hybridized carbons (Fsp3) is 0.867. The zero-order valence-corrected chi connectivity index (χ0v) is 12.4. The molecule has 2 atom stereocenters. The summed E-state index contributed by atoms with van der Waals surface area (Å²) in [5.41, 5.74) is -0.704. The summed E-state index contributed by atoms with van der Waals surface area (Å²) in [6.45, 7) is 5.89. The Morgan fingerprint density at radius 1 is 1.26 bits per heavy atom. The summed E-state index contributed by atoms with van der Waals surface area (Å²) >= 11 is 0. The summed E-state index contributed by atoms with van der Waals surface area (Å²) in [6.07, 6.45) is 6.82. The van der Waals surface area contributed by atoms with Crippen LogP contribution in [0.5, 0.6) is 0 Å². The second-order valence-electron chi connectivity index (χ2n) is 6.13. The van der Waals surface area contributed by atoms with Gasteiger partial charge in [0, 0.05) is 6.04 Å². The third-order valence-corrected chi connectivity index (χ3v) is 4.73. The Kier molecular flexibility index (Phi) is 4.16. The molecule has 1 heterocycles. The lowest BCUT2D eigenvalue weighted by Gasteiger charge is -2.46. The van der Waals surface area contributed by atoms with Crippen molar-refractivity contribution in [1.29, 1.82) is 0 Å². The number of nitrogens with one attached hydrogen (secondary N) is 1. The van der Waals surface area contributed by atoms with E-state index in [0.717, 1.165) is 25.7 Å². The maximum Gasteiger partial charge on any atom is 0.248 e. The topological polar surface area (TPSA) is 49.4 Å². The Balaban J connectivity index is 2.29. The van der Waals surface area contributed by atoms with Crippen molar-refractivity contribution in [2.24, 2.45) is 0 Å². The van der Waals surface area contributed by atoms with Crippen molar-refractivity contribution in [1.82, 2.24) is 10.2 Å². The van der Waals surface area contributed by atoms with Crippen LogP contribution in [0.2, 0.25) is 0 Å². The molecule has 2 aliphatic rings. The number of carbonyl (C=O) groups excluding carboxylic acids is 2. The Bertz CT molecular complexity index is 363. The zero-order valence-electron chi connectivity index (χ0n) is 12.4. The van der Waals surface area contributed by atoms with Gasteiger partial charge >= 0.3 is 0 Å². The molecule has 0 spiro atoms. The van der Waals surface area contributed by atoms with Gasteiger partial charge in [-0.15, -0.1) is 0 Å². The van der Waals surface area contributed by atoms with Gasteiger partial charge in [0.1, 0.15) is 11.6 Å². The summed E-state index contributed by atoms with van der Waals surface area (Å²) in [7, 11) is 0. The quantitative estimate of drug-likeness (QED) is 0.848. The van der Waals surface area contributed by atoms with E-state index < -0.39 is 5.54 Å². The average Bonchev–Trinajstić information content (AvgIpc) is 2.90. The van der Waals surface area contributed by atoms with Gasteiger partial charge in [-0.25, -0.2) is 0 Å². The minimum absolute atomic E-state index is 0.0395. The first kappa shape index (κ1) is 14.4. The van der Waals surface area contributed by atoms with Gasteiger partial charge in [-0.1, -0.05) is 33.1 Å². The third kappa shape index (κ3) is 2.49. The van der Waals surface area contributed by atoms with E-state index in [1.807, 2.05) is 18.7 Å². The maximum atomic E-state index is 12.8. The van der Waals surface area contributed by atoms with E-state index in [0.29, 0.717) is 6.42 Å². The predicted octanol–water partition coefficient (Wildman–Crippen LogP) is 2.22. The van der Waals surface area contributed by atoms with Crippen LogP contribution in [0.25, 0.3) is 0 Å². The molecule has 0 radical (unpaired) electrons. The Hall–Kier alpha value is -1.06. The summed E-state index contributed by atoms with van der Waals surface area (Å²) < 4.78 is 0. The highest BCUT2D eigenvalue weighted by Gasteiger charge is 2.49. The average molecular weight is 266 g/mol. The molecule has 1 N–H and O–H groups in total.